The SMILES string of the molecule is CCCOCCCCN[C]=O. The first-order chi connectivity index (χ1) is 5.41. The van der Waals surface area contributed by atoms with Crippen LogP contribution in [0.2, 0.25) is 0 Å². The van der Waals surface area contributed by atoms with Gasteiger partial charge in [-0.1, -0.05) is 6.92 Å². The molecule has 1 radical (unpaired) electrons. The normalized spacial score (nSPS) is 9.55. The Bertz CT molecular complexity index is 86.2. The van der Waals surface area contributed by atoms with Crippen molar-refractivity contribution in [2.24, 2.45) is 0 Å². The Morgan fingerprint density at radius 2 is 2.18 bits per heavy atom. The van der Waals surface area contributed by atoms with E-state index in [4.69, 9.17) is 4.74 Å². The van der Waals surface area contributed by atoms with E-state index in [2.05, 4.69) is 12.2 Å². The van der Waals surface area contributed by atoms with Crippen molar-refractivity contribution in [1.29, 1.82) is 0 Å². The van der Waals surface area contributed by atoms with E-state index >= 15 is 0 Å². The van der Waals surface area contributed by atoms with Crippen molar-refractivity contribution in [3.8, 4) is 0 Å². The van der Waals surface area contributed by atoms with E-state index in [0.29, 0.717) is 6.54 Å². The summed E-state index contributed by atoms with van der Waals surface area (Å²) in [4.78, 5) is 9.67. The summed E-state index contributed by atoms with van der Waals surface area (Å²) in [5.74, 6) is 0. The van der Waals surface area contributed by atoms with E-state index in [1.165, 1.54) is 0 Å². The van der Waals surface area contributed by atoms with Crippen LogP contribution < -0.4 is 5.32 Å². The molecular formula is C8H16NO2. The van der Waals surface area contributed by atoms with Crippen molar-refractivity contribution >= 4 is 6.41 Å². The van der Waals surface area contributed by atoms with Crippen molar-refractivity contribution in [3.63, 3.8) is 0 Å². The molecule has 0 atom stereocenters. The summed E-state index contributed by atoms with van der Waals surface area (Å²) in [7, 11) is 0. The molecule has 0 saturated carbocycles. The number of rotatable bonds is 8. The Morgan fingerprint density at radius 3 is 2.82 bits per heavy atom. The summed E-state index contributed by atoms with van der Waals surface area (Å²) in [5, 5.41) is 2.48. The van der Waals surface area contributed by atoms with Gasteiger partial charge in [0.05, 0.1) is 0 Å². The minimum Gasteiger partial charge on any atom is -0.381 e. The zero-order chi connectivity index (χ0) is 8.36. The van der Waals surface area contributed by atoms with Crippen molar-refractivity contribution in [3.05, 3.63) is 0 Å². The first kappa shape index (κ1) is 10.4. The highest BCUT2D eigenvalue weighted by Gasteiger charge is 1.87. The minimum absolute atomic E-state index is 0.707. The van der Waals surface area contributed by atoms with Gasteiger partial charge in [0.2, 0.25) is 0 Å². The number of amides is 1. The molecule has 3 heteroatoms. The smallest absolute Gasteiger partial charge is 0.309 e. The maximum atomic E-state index is 9.67. The number of carbonyl (C=O) groups excluding carboxylic acids is 1. The fourth-order valence-electron chi connectivity index (χ4n) is 0.715. The first-order valence-corrected chi connectivity index (χ1v) is 4.09. The molecule has 0 aliphatic rings. The summed E-state index contributed by atoms with van der Waals surface area (Å²) >= 11 is 0. The highest BCUT2D eigenvalue weighted by molar-refractivity contribution is 5.46. The summed E-state index contributed by atoms with van der Waals surface area (Å²) in [6.45, 7) is 4.43. The van der Waals surface area contributed by atoms with Crippen LogP contribution in [0.5, 0.6) is 0 Å². The van der Waals surface area contributed by atoms with Gasteiger partial charge in [-0.3, -0.25) is 4.79 Å². The number of ether oxygens (including phenoxy) is 1. The van der Waals surface area contributed by atoms with Crippen molar-refractivity contribution in [2.45, 2.75) is 26.2 Å². The average molecular weight is 158 g/mol. The third-order valence-electron chi connectivity index (χ3n) is 1.26. The Hall–Kier alpha value is -0.570. The lowest BCUT2D eigenvalue weighted by atomic mass is 10.3. The molecule has 0 bridgehead atoms. The van der Waals surface area contributed by atoms with Gasteiger partial charge in [0, 0.05) is 19.8 Å². The van der Waals surface area contributed by atoms with Gasteiger partial charge >= 0.3 is 6.41 Å². The summed E-state index contributed by atoms with van der Waals surface area (Å²) in [6.07, 6.45) is 4.68. The van der Waals surface area contributed by atoms with Gasteiger partial charge in [-0.15, -0.1) is 0 Å². The molecule has 1 amide bonds. The molecular weight excluding hydrogens is 142 g/mol. The quantitative estimate of drug-likeness (QED) is 0.420. The lowest BCUT2D eigenvalue weighted by molar-refractivity contribution is 0.131. The molecule has 11 heavy (non-hydrogen) atoms. The summed E-state index contributed by atoms with van der Waals surface area (Å²) in [5.41, 5.74) is 0. The number of nitrogens with one attached hydrogen (secondary N) is 1. The lowest BCUT2D eigenvalue weighted by Crippen LogP contribution is -2.12. The highest BCUT2D eigenvalue weighted by atomic mass is 16.5. The largest absolute Gasteiger partial charge is 0.381 e. The third-order valence-corrected chi connectivity index (χ3v) is 1.26. The fourth-order valence-corrected chi connectivity index (χ4v) is 0.715. The van der Waals surface area contributed by atoms with Crippen molar-refractivity contribution < 1.29 is 9.53 Å². The molecule has 3 nitrogen and oxygen atoms in total. The van der Waals surface area contributed by atoms with Gasteiger partial charge in [-0.25, -0.2) is 0 Å². The molecule has 0 unspecified atom stereocenters. The molecule has 0 aliphatic carbocycles. The maximum Gasteiger partial charge on any atom is 0.309 e. The summed E-state index contributed by atoms with van der Waals surface area (Å²) < 4.78 is 5.24. The third kappa shape index (κ3) is 9.43. The Balaban J connectivity index is 2.74. The minimum atomic E-state index is 0.707. The standard InChI is InChI=1S/C8H16NO2/c1-2-6-11-7-4-3-5-9-8-10/h2-7H2,1H3,(H,9,10). The second-order valence-corrected chi connectivity index (χ2v) is 2.35. The number of unbranched alkanes of at least 4 members (excludes halogenated alkanes) is 1. The van der Waals surface area contributed by atoms with Crippen LogP contribution in [0.3, 0.4) is 0 Å². The van der Waals surface area contributed by atoms with Crippen LogP contribution in [-0.2, 0) is 9.53 Å². The van der Waals surface area contributed by atoms with Crippen LogP contribution in [0.25, 0.3) is 0 Å². The molecule has 0 aromatic heterocycles. The van der Waals surface area contributed by atoms with Crippen LogP contribution in [0.1, 0.15) is 26.2 Å². The van der Waals surface area contributed by atoms with Gasteiger partial charge < -0.3 is 10.1 Å². The highest BCUT2D eigenvalue weighted by Crippen LogP contribution is 1.89. The molecule has 0 spiro atoms. The van der Waals surface area contributed by atoms with Gasteiger partial charge in [-0.05, 0) is 19.3 Å². The number of hydrogen-bond donors (Lipinski definition) is 1. The van der Waals surface area contributed by atoms with E-state index in [0.717, 1.165) is 32.5 Å². The van der Waals surface area contributed by atoms with Crippen LogP contribution in [0.15, 0.2) is 0 Å². The van der Waals surface area contributed by atoms with Gasteiger partial charge in [0.15, 0.2) is 0 Å². The van der Waals surface area contributed by atoms with Gasteiger partial charge in [0.25, 0.3) is 0 Å². The molecule has 0 rings (SSSR count). The zero-order valence-electron chi connectivity index (χ0n) is 7.06. The second-order valence-electron chi connectivity index (χ2n) is 2.35. The predicted octanol–water partition coefficient (Wildman–Crippen LogP) is 0.850. The Kier molecular flexibility index (Phi) is 8.94. The Labute approximate surface area is 68.1 Å². The first-order valence-electron chi connectivity index (χ1n) is 4.09. The monoisotopic (exact) mass is 158 g/mol. The van der Waals surface area contributed by atoms with E-state index in [9.17, 15) is 4.79 Å². The summed E-state index contributed by atoms with van der Waals surface area (Å²) in [6, 6.07) is 0. The van der Waals surface area contributed by atoms with E-state index < -0.39 is 0 Å². The van der Waals surface area contributed by atoms with Crippen LogP contribution in [0, 0.1) is 0 Å². The topological polar surface area (TPSA) is 38.3 Å². The van der Waals surface area contributed by atoms with Gasteiger partial charge in [-0.2, -0.15) is 0 Å². The zero-order valence-corrected chi connectivity index (χ0v) is 7.06. The van der Waals surface area contributed by atoms with E-state index in [-0.39, 0.29) is 0 Å². The lowest BCUT2D eigenvalue weighted by Gasteiger charge is -2.00. The average Bonchev–Trinajstić information content (AvgIpc) is 2.03. The van der Waals surface area contributed by atoms with Crippen LogP contribution in [-0.4, -0.2) is 26.2 Å². The molecule has 0 saturated heterocycles. The predicted molar refractivity (Wildman–Crippen MR) is 44.0 cm³/mol. The van der Waals surface area contributed by atoms with Crippen molar-refractivity contribution in [1.82, 2.24) is 5.32 Å². The van der Waals surface area contributed by atoms with E-state index in [1.807, 2.05) is 0 Å². The molecule has 65 valence electrons. The second kappa shape index (κ2) is 9.43. The molecule has 0 fully saturated rings. The molecule has 1 N–H and O–H groups in total. The van der Waals surface area contributed by atoms with Crippen molar-refractivity contribution in [2.75, 3.05) is 19.8 Å². The number of hydrogen-bond acceptors (Lipinski definition) is 2. The molecule has 0 aromatic carbocycles. The Morgan fingerprint density at radius 1 is 1.36 bits per heavy atom. The van der Waals surface area contributed by atoms with E-state index in [1.54, 1.807) is 6.41 Å². The fraction of sp³-hybridized carbons (Fsp3) is 0.875. The van der Waals surface area contributed by atoms with Crippen LogP contribution >= 0.6 is 0 Å². The van der Waals surface area contributed by atoms with Gasteiger partial charge in [0.1, 0.15) is 0 Å². The molecule has 0 heterocycles. The van der Waals surface area contributed by atoms with Crippen LogP contribution in [0.4, 0.5) is 0 Å². The molecule has 0 aromatic rings. The molecule has 0 aliphatic heterocycles. The maximum absolute atomic E-state index is 9.67.